The van der Waals surface area contributed by atoms with Crippen LogP contribution < -0.4 is 9.62 Å². The minimum atomic E-state index is -4.19. The van der Waals surface area contributed by atoms with E-state index in [1.807, 2.05) is 50.4 Å². The standard InChI is InChI=1S/C35H38FN3O4S2/c1-4-22-37-35(41)33(23-27-8-6-5-7-9-27)38(24-28-12-14-29(36)15-13-28)34(40)25-39(30-16-10-26(2)11-17-30)45(42,43)32-20-18-31(44-3)19-21-32/h5-21,33H,4,22-25H2,1-3H3,(H,37,41). The SMILES string of the molecule is CCCNC(=O)C(Cc1ccccc1)N(Cc1ccc(F)cc1)C(=O)CN(c1ccc(C)cc1)S(=O)(=O)c1ccc(SC)cc1. The molecule has 0 fully saturated rings. The predicted octanol–water partition coefficient (Wildman–Crippen LogP) is 6.22. The van der Waals surface area contributed by atoms with E-state index in [-0.39, 0.29) is 23.8 Å². The Morgan fingerprint density at radius 2 is 1.51 bits per heavy atom. The lowest BCUT2D eigenvalue weighted by molar-refractivity contribution is -0.140. The molecule has 1 unspecified atom stereocenters. The lowest BCUT2D eigenvalue weighted by atomic mass is 10.0. The minimum absolute atomic E-state index is 0.0274. The second-order valence-corrected chi connectivity index (χ2v) is 13.4. The van der Waals surface area contributed by atoms with Crippen LogP contribution in [0.3, 0.4) is 0 Å². The minimum Gasteiger partial charge on any atom is -0.354 e. The highest BCUT2D eigenvalue weighted by Crippen LogP contribution is 2.27. The topological polar surface area (TPSA) is 86.8 Å². The number of sulfonamides is 1. The van der Waals surface area contributed by atoms with Gasteiger partial charge in [-0.1, -0.05) is 67.1 Å². The number of hydrogen-bond donors (Lipinski definition) is 1. The number of aryl methyl sites for hydroxylation is 1. The molecule has 0 aromatic heterocycles. The van der Waals surface area contributed by atoms with Crippen molar-refractivity contribution in [3.8, 4) is 0 Å². The molecule has 10 heteroatoms. The van der Waals surface area contributed by atoms with Gasteiger partial charge in [-0.3, -0.25) is 13.9 Å². The largest absolute Gasteiger partial charge is 0.354 e. The van der Waals surface area contributed by atoms with Gasteiger partial charge in [-0.2, -0.15) is 0 Å². The summed E-state index contributed by atoms with van der Waals surface area (Å²) in [6.45, 7) is 3.66. The highest BCUT2D eigenvalue weighted by molar-refractivity contribution is 7.98. The number of carbonyl (C=O) groups is 2. The number of thioether (sulfide) groups is 1. The maximum Gasteiger partial charge on any atom is 0.264 e. The zero-order chi connectivity index (χ0) is 32.4. The van der Waals surface area contributed by atoms with E-state index < -0.39 is 34.3 Å². The van der Waals surface area contributed by atoms with Crippen LogP contribution in [0.5, 0.6) is 0 Å². The van der Waals surface area contributed by atoms with Gasteiger partial charge in [0.25, 0.3) is 10.0 Å². The Hall–Kier alpha value is -4.15. The van der Waals surface area contributed by atoms with Crippen LogP contribution >= 0.6 is 11.8 Å². The second-order valence-electron chi connectivity index (χ2n) is 10.7. The van der Waals surface area contributed by atoms with Crippen LogP contribution in [-0.4, -0.2) is 50.5 Å². The van der Waals surface area contributed by atoms with Crippen LogP contribution in [0.4, 0.5) is 10.1 Å². The van der Waals surface area contributed by atoms with Gasteiger partial charge in [-0.05, 0) is 79.3 Å². The van der Waals surface area contributed by atoms with Gasteiger partial charge in [0.05, 0.1) is 10.6 Å². The molecule has 0 aliphatic carbocycles. The molecule has 0 aliphatic rings. The van der Waals surface area contributed by atoms with Crippen LogP contribution in [0.2, 0.25) is 0 Å². The van der Waals surface area contributed by atoms with E-state index in [4.69, 9.17) is 0 Å². The van der Waals surface area contributed by atoms with Crippen molar-refractivity contribution in [2.45, 2.75) is 49.1 Å². The number of carbonyl (C=O) groups excluding carboxylic acids is 2. The summed E-state index contributed by atoms with van der Waals surface area (Å²) in [5.74, 6) is -1.35. The van der Waals surface area contributed by atoms with Crippen LogP contribution in [-0.2, 0) is 32.6 Å². The first-order valence-electron chi connectivity index (χ1n) is 14.7. The number of amides is 2. The number of anilines is 1. The molecule has 45 heavy (non-hydrogen) atoms. The van der Waals surface area contributed by atoms with E-state index in [2.05, 4.69) is 5.32 Å². The van der Waals surface area contributed by atoms with Crippen LogP contribution in [0.25, 0.3) is 0 Å². The summed E-state index contributed by atoms with van der Waals surface area (Å²) in [7, 11) is -4.19. The maximum absolute atomic E-state index is 14.4. The molecule has 1 atom stereocenters. The fourth-order valence-corrected chi connectivity index (χ4v) is 6.64. The molecule has 0 spiro atoms. The second kappa shape index (κ2) is 15.7. The van der Waals surface area contributed by atoms with Gasteiger partial charge in [0, 0.05) is 24.4 Å². The molecular formula is C35H38FN3O4S2. The summed E-state index contributed by atoms with van der Waals surface area (Å²) in [5, 5.41) is 2.91. The van der Waals surface area contributed by atoms with E-state index in [0.29, 0.717) is 24.2 Å². The third-order valence-corrected chi connectivity index (χ3v) is 9.87. The molecule has 0 saturated heterocycles. The number of halogens is 1. The Bertz CT molecular complexity index is 1670. The van der Waals surface area contributed by atoms with Crippen molar-refractivity contribution >= 4 is 39.3 Å². The summed E-state index contributed by atoms with van der Waals surface area (Å²) in [6, 6.07) is 27.5. The van der Waals surface area contributed by atoms with E-state index in [0.717, 1.165) is 20.3 Å². The molecule has 4 aromatic carbocycles. The molecule has 0 saturated carbocycles. The molecule has 2 amide bonds. The smallest absolute Gasteiger partial charge is 0.264 e. The summed E-state index contributed by atoms with van der Waals surface area (Å²) in [4.78, 5) is 30.4. The van der Waals surface area contributed by atoms with Crippen molar-refractivity contribution in [3.63, 3.8) is 0 Å². The summed E-state index contributed by atoms with van der Waals surface area (Å²) < 4.78 is 43.2. The lowest BCUT2D eigenvalue weighted by Crippen LogP contribution is -2.53. The van der Waals surface area contributed by atoms with Crippen LogP contribution in [0.15, 0.2) is 113 Å². The molecule has 4 aromatic rings. The molecule has 4 rings (SSSR count). The fraction of sp³-hybridized carbons (Fsp3) is 0.257. The normalized spacial score (nSPS) is 11.9. The fourth-order valence-electron chi connectivity index (χ4n) is 4.82. The first-order valence-corrected chi connectivity index (χ1v) is 17.4. The number of hydrogen-bond acceptors (Lipinski definition) is 5. The van der Waals surface area contributed by atoms with Crippen molar-refractivity contribution in [2.75, 3.05) is 23.7 Å². The molecular weight excluding hydrogens is 610 g/mol. The summed E-state index contributed by atoms with van der Waals surface area (Å²) >= 11 is 1.49. The molecule has 1 N–H and O–H groups in total. The molecule has 7 nitrogen and oxygen atoms in total. The van der Waals surface area contributed by atoms with Crippen LogP contribution in [0.1, 0.15) is 30.0 Å². The first kappa shape index (κ1) is 33.7. The van der Waals surface area contributed by atoms with Gasteiger partial charge in [0.15, 0.2) is 0 Å². The molecule has 0 heterocycles. The van der Waals surface area contributed by atoms with Gasteiger partial charge in [0.1, 0.15) is 18.4 Å². The predicted molar refractivity (Wildman–Crippen MR) is 178 cm³/mol. The monoisotopic (exact) mass is 647 g/mol. The molecule has 0 radical (unpaired) electrons. The van der Waals surface area contributed by atoms with Gasteiger partial charge in [0.2, 0.25) is 11.8 Å². The Morgan fingerprint density at radius 3 is 2.11 bits per heavy atom. The van der Waals surface area contributed by atoms with E-state index in [1.54, 1.807) is 48.5 Å². The van der Waals surface area contributed by atoms with Crippen molar-refractivity contribution in [1.82, 2.24) is 10.2 Å². The highest BCUT2D eigenvalue weighted by Gasteiger charge is 2.34. The van der Waals surface area contributed by atoms with Gasteiger partial charge >= 0.3 is 0 Å². The molecule has 236 valence electrons. The Labute approximate surface area is 269 Å². The van der Waals surface area contributed by atoms with Gasteiger partial charge in [-0.25, -0.2) is 12.8 Å². The number of nitrogens with zero attached hydrogens (tertiary/aromatic N) is 2. The van der Waals surface area contributed by atoms with Crippen LogP contribution in [0, 0.1) is 12.7 Å². The van der Waals surface area contributed by atoms with Gasteiger partial charge < -0.3 is 10.2 Å². The molecule has 0 aliphatic heterocycles. The van der Waals surface area contributed by atoms with E-state index >= 15 is 0 Å². The average molecular weight is 648 g/mol. The van der Waals surface area contributed by atoms with Crippen molar-refractivity contribution in [3.05, 3.63) is 126 Å². The first-order chi connectivity index (χ1) is 21.6. The number of rotatable bonds is 14. The zero-order valence-electron chi connectivity index (χ0n) is 25.6. The third kappa shape index (κ3) is 8.95. The Kier molecular flexibility index (Phi) is 11.8. The zero-order valence-corrected chi connectivity index (χ0v) is 27.3. The summed E-state index contributed by atoms with van der Waals surface area (Å²) in [6.07, 6.45) is 2.81. The third-order valence-electron chi connectivity index (χ3n) is 7.33. The Morgan fingerprint density at radius 1 is 0.867 bits per heavy atom. The van der Waals surface area contributed by atoms with E-state index in [9.17, 15) is 22.4 Å². The average Bonchev–Trinajstić information content (AvgIpc) is 3.05. The maximum atomic E-state index is 14.4. The summed E-state index contributed by atoms with van der Waals surface area (Å²) in [5.41, 5.74) is 2.69. The van der Waals surface area contributed by atoms with E-state index in [1.165, 1.54) is 40.9 Å². The highest BCUT2D eigenvalue weighted by atomic mass is 32.2. The Balaban J connectivity index is 1.78. The number of nitrogens with one attached hydrogen (secondary N) is 1. The van der Waals surface area contributed by atoms with Crippen molar-refractivity contribution in [1.29, 1.82) is 0 Å². The quantitative estimate of drug-likeness (QED) is 0.164. The molecule has 0 bridgehead atoms. The van der Waals surface area contributed by atoms with Crippen molar-refractivity contribution in [2.24, 2.45) is 0 Å². The number of benzene rings is 4. The van der Waals surface area contributed by atoms with Gasteiger partial charge in [-0.15, -0.1) is 11.8 Å². The van der Waals surface area contributed by atoms with Crippen molar-refractivity contribution < 1.29 is 22.4 Å². The lowest BCUT2D eigenvalue weighted by Gasteiger charge is -2.34.